The van der Waals surface area contributed by atoms with Crippen molar-refractivity contribution in [1.29, 1.82) is 5.26 Å². The average Bonchev–Trinajstić information content (AvgIpc) is 3.23. The highest BCUT2D eigenvalue weighted by Gasteiger charge is 2.15. The summed E-state index contributed by atoms with van der Waals surface area (Å²) in [5, 5.41) is 14.7. The molecule has 9 rings (SSSR count). The lowest BCUT2D eigenvalue weighted by atomic mass is 9.89. The second-order valence-corrected chi connectivity index (χ2v) is 13.1. The molecule has 52 heavy (non-hydrogen) atoms. The van der Waals surface area contributed by atoms with Gasteiger partial charge < -0.3 is 0 Å². The van der Waals surface area contributed by atoms with Crippen LogP contribution in [0.3, 0.4) is 0 Å². The number of hydrogen-bond acceptors (Lipinski definition) is 4. The lowest BCUT2D eigenvalue weighted by Crippen LogP contribution is -2.03. The minimum atomic E-state index is 0.636. The summed E-state index contributed by atoms with van der Waals surface area (Å²) in [6, 6.07) is 54.9. The van der Waals surface area contributed by atoms with Crippen LogP contribution >= 0.6 is 0 Å². The van der Waals surface area contributed by atoms with Crippen LogP contribution in [0.4, 0.5) is 0 Å². The average molecular weight is 665 g/mol. The van der Waals surface area contributed by atoms with E-state index in [9.17, 15) is 5.26 Å². The molecule has 0 N–H and O–H groups in total. The summed E-state index contributed by atoms with van der Waals surface area (Å²) < 4.78 is 0. The highest BCUT2D eigenvalue weighted by molar-refractivity contribution is 6.05. The van der Waals surface area contributed by atoms with Crippen molar-refractivity contribution in [2.24, 2.45) is 0 Å². The van der Waals surface area contributed by atoms with E-state index >= 15 is 0 Å². The Bertz CT molecular complexity index is 2730. The SMILES string of the molecule is N#Cc1cc(-c2ccc3ccccc3c2)cc(-c2ccc(-c3ccc(-c4nc(C5=CCCC=C5)nc(-c5ccccc5)n4)cc3)c3ccccc23)c1. The quantitative estimate of drug-likeness (QED) is 0.177. The summed E-state index contributed by atoms with van der Waals surface area (Å²) in [5.41, 5.74) is 10.0. The van der Waals surface area contributed by atoms with Gasteiger partial charge in [-0.1, -0.05) is 146 Å². The smallest absolute Gasteiger partial charge is 0.164 e. The lowest BCUT2D eigenvalue weighted by molar-refractivity contribution is 1.01. The Morgan fingerprint density at radius 2 is 1.04 bits per heavy atom. The van der Waals surface area contributed by atoms with Gasteiger partial charge in [0, 0.05) is 16.7 Å². The fraction of sp³-hybridized carbons (Fsp3) is 0.0417. The summed E-state index contributed by atoms with van der Waals surface area (Å²) in [6.45, 7) is 0. The first-order valence-corrected chi connectivity index (χ1v) is 17.6. The number of hydrogen-bond donors (Lipinski definition) is 0. The van der Waals surface area contributed by atoms with Gasteiger partial charge >= 0.3 is 0 Å². The van der Waals surface area contributed by atoms with E-state index in [0.29, 0.717) is 23.0 Å². The Labute approximate surface area is 302 Å². The molecular formula is C48H32N4. The normalized spacial score (nSPS) is 12.5. The van der Waals surface area contributed by atoms with Gasteiger partial charge in [0.15, 0.2) is 17.5 Å². The standard InChI is InChI=1S/C48H32N4/c49-31-32-27-40(39-24-19-33-11-7-8-16-38(33)29-39)30-41(28-32)43-26-25-42(44-17-9-10-18-45(43)44)34-20-22-37(23-21-34)48-51-46(35-12-3-1-4-13-35)50-47(52-48)36-14-5-2-6-15-36/h1,3-5,7-30H,2,6H2. The molecule has 244 valence electrons. The van der Waals surface area contributed by atoms with Gasteiger partial charge in [0.1, 0.15) is 0 Å². The zero-order chi connectivity index (χ0) is 34.9. The topological polar surface area (TPSA) is 62.5 Å². The zero-order valence-electron chi connectivity index (χ0n) is 28.4. The van der Waals surface area contributed by atoms with Crippen LogP contribution in [0.15, 0.2) is 170 Å². The molecule has 0 bridgehead atoms. The molecule has 1 aliphatic carbocycles. The Balaban J connectivity index is 1.10. The molecule has 1 aromatic heterocycles. The Kier molecular flexibility index (Phi) is 8.00. The summed E-state index contributed by atoms with van der Waals surface area (Å²) in [7, 11) is 0. The van der Waals surface area contributed by atoms with Crippen molar-refractivity contribution in [1.82, 2.24) is 15.0 Å². The van der Waals surface area contributed by atoms with E-state index in [1.165, 1.54) is 10.8 Å². The molecule has 0 saturated carbocycles. The van der Waals surface area contributed by atoms with E-state index < -0.39 is 0 Å². The third-order valence-electron chi connectivity index (χ3n) is 9.75. The van der Waals surface area contributed by atoms with Crippen molar-refractivity contribution >= 4 is 27.1 Å². The van der Waals surface area contributed by atoms with Gasteiger partial charge in [-0.05, 0) is 92.0 Å². The van der Waals surface area contributed by atoms with Crippen LogP contribution in [0.2, 0.25) is 0 Å². The molecular weight excluding hydrogens is 633 g/mol. The highest BCUT2D eigenvalue weighted by Crippen LogP contribution is 2.38. The Morgan fingerprint density at radius 3 is 1.75 bits per heavy atom. The molecule has 1 aliphatic rings. The largest absolute Gasteiger partial charge is 0.208 e. The summed E-state index contributed by atoms with van der Waals surface area (Å²) >= 11 is 0. The van der Waals surface area contributed by atoms with E-state index in [2.05, 4.69) is 133 Å². The van der Waals surface area contributed by atoms with Crippen molar-refractivity contribution < 1.29 is 0 Å². The zero-order valence-corrected chi connectivity index (χ0v) is 28.4. The van der Waals surface area contributed by atoms with Crippen molar-refractivity contribution in [2.75, 3.05) is 0 Å². The number of fused-ring (bicyclic) bond motifs is 2. The van der Waals surface area contributed by atoms with Crippen LogP contribution in [0.25, 0.3) is 83.3 Å². The fourth-order valence-corrected chi connectivity index (χ4v) is 7.11. The van der Waals surface area contributed by atoms with Crippen molar-refractivity contribution in [3.05, 3.63) is 181 Å². The third kappa shape index (κ3) is 5.95. The minimum Gasteiger partial charge on any atom is -0.208 e. The molecule has 0 spiro atoms. The predicted octanol–water partition coefficient (Wildman–Crippen LogP) is 12.1. The van der Waals surface area contributed by atoms with Crippen LogP contribution in [0.1, 0.15) is 24.2 Å². The van der Waals surface area contributed by atoms with Gasteiger partial charge in [-0.15, -0.1) is 0 Å². The van der Waals surface area contributed by atoms with Crippen LogP contribution in [0.5, 0.6) is 0 Å². The molecule has 0 amide bonds. The van der Waals surface area contributed by atoms with Crippen molar-refractivity contribution in [3.63, 3.8) is 0 Å². The number of nitrogens with zero attached hydrogens (tertiary/aromatic N) is 4. The molecule has 4 heteroatoms. The first kappa shape index (κ1) is 31.1. The predicted molar refractivity (Wildman–Crippen MR) is 213 cm³/mol. The molecule has 0 fully saturated rings. The van der Waals surface area contributed by atoms with Gasteiger partial charge in [-0.2, -0.15) is 5.26 Å². The van der Waals surface area contributed by atoms with E-state index in [1.807, 2.05) is 42.5 Å². The van der Waals surface area contributed by atoms with E-state index in [1.54, 1.807) is 0 Å². The molecule has 1 heterocycles. The minimum absolute atomic E-state index is 0.636. The molecule has 7 aromatic carbocycles. The molecule has 0 saturated heterocycles. The Hall–Kier alpha value is -6.96. The maximum absolute atomic E-state index is 10.0. The van der Waals surface area contributed by atoms with E-state index in [4.69, 9.17) is 15.0 Å². The fourth-order valence-electron chi connectivity index (χ4n) is 7.11. The number of rotatable bonds is 6. The summed E-state index contributed by atoms with van der Waals surface area (Å²) in [4.78, 5) is 14.7. The molecule has 8 aromatic rings. The second kappa shape index (κ2) is 13.4. The van der Waals surface area contributed by atoms with Crippen LogP contribution < -0.4 is 0 Å². The molecule has 0 atom stereocenters. The van der Waals surface area contributed by atoms with Crippen LogP contribution in [-0.2, 0) is 0 Å². The van der Waals surface area contributed by atoms with Gasteiger partial charge in [0.25, 0.3) is 0 Å². The number of aromatic nitrogens is 3. The van der Waals surface area contributed by atoms with Crippen molar-refractivity contribution in [3.8, 4) is 62.2 Å². The lowest BCUT2D eigenvalue weighted by Gasteiger charge is -2.14. The van der Waals surface area contributed by atoms with Gasteiger partial charge in [-0.3, -0.25) is 0 Å². The second-order valence-electron chi connectivity index (χ2n) is 13.1. The number of nitriles is 1. The molecule has 0 unspecified atom stereocenters. The van der Waals surface area contributed by atoms with Gasteiger partial charge in [0.2, 0.25) is 0 Å². The third-order valence-corrected chi connectivity index (χ3v) is 9.75. The monoisotopic (exact) mass is 664 g/mol. The number of allylic oxidation sites excluding steroid dienone is 4. The van der Waals surface area contributed by atoms with Gasteiger partial charge in [-0.25, -0.2) is 15.0 Å². The van der Waals surface area contributed by atoms with Crippen LogP contribution in [0, 0.1) is 11.3 Å². The molecule has 0 radical (unpaired) electrons. The Morgan fingerprint density at radius 1 is 0.442 bits per heavy atom. The first-order chi connectivity index (χ1) is 25.7. The van der Waals surface area contributed by atoms with Crippen molar-refractivity contribution in [2.45, 2.75) is 12.8 Å². The molecule has 0 aliphatic heterocycles. The summed E-state index contributed by atoms with van der Waals surface area (Å²) in [6.07, 6.45) is 8.49. The van der Waals surface area contributed by atoms with Gasteiger partial charge in [0.05, 0.1) is 11.6 Å². The van der Waals surface area contributed by atoms with Crippen LogP contribution in [-0.4, -0.2) is 15.0 Å². The first-order valence-electron chi connectivity index (χ1n) is 17.6. The number of benzene rings is 7. The van der Waals surface area contributed by atoms with E-state index in [-0.39, 0.29) is 0 Å². The molecule has 4 nitrogen and oxygen atoms in total. The highest BCUT2D eigenvalue weighted by atomic mass is 15.0. The van der Waals surface area contributed by atoms with E-state index in [0.717, 1.165) is 73.7 Å². The maximum Gasteiger partial charge on any atom is 0.164 e. The summed E-state index contributed by atoms with van der Waals surface area (Å²) in [5.74, 6) is 2.00. The maximum atomic E-state index is 10.0.